The van der Waals surface area contributed by atoms with Gasteiger partial charge in [-0.1, -0.05) is 30.3 Å². The van der Waals surface area contributed by atoms with Gasteiger partial charge in [-0.2, -0.15) is 0 Å². The standard InChI is InChI=1S/C17H16FN3/c18-13-8-4-10-15-16(13)21-17(20-15)19-14-9-3-6-11-5-1-2-7-12(11)14/h1-2,4-5,7-8,10,14H,3,6,9H2,(H2,19,20,21)/t14-/m1/s1. The van der Waals surface area contributed by atoms with Gasteiger partial charge in [0.05, 0.1) is 11.6 Å². The van der Waals surface area contributed by atoms with Gasteiger partial charge in [-0.05, 0) is 42.5 Å². The van der Waals surface area contributed by atoms with Crippen molar-refractivity contribution in [3.05, 3.63) is 59.4 Å². The SMILES string of the molecule is Fc1cccc2[nH]c(N[C@@H]3CCCc4ccccc43)nc12. The molecule has 0 fully saturated rings. The molecule has 4 heteroatoms. The van der Waals surface area contributed by atoms with E-state index in [9.17, 15) is 4.39 Å². The van der Waals surface area contributed by atoms with E-state index < -0.39 is 0 Å². The van der Waals surface area contributed by atoms with Crippen LogP contribution in [0.25, 0.3) is 11.0 Å². The van der Waals surface area contributed by atoms with Crippen molar-refractivity contribution in [2.45, 2.75) is 25.3 Å². The van der Waals surface area contributed by atoms with Gasteiger partial charge in [-0.3, -0.25) is 0 Å². The monoisotopic (exact) mass is 281 g/mol. The largest absolute Gasteiger partial charge is 0.349 e. The number of benzene rings is 2. The number of hydrogen-bond acceptors (Lipinski definition) is 2. The summed E-state index contributed by atoms with van der Waals surface area (Å²) in [7, 11) is 0. The summed E-state index contributed by atoms with van der Waals surface area (Å²) < 4.78 is 13.7. The number of H-pyrrole nitrogens is 1. The quantitative estimate of drug-likeness (QED) is 0.739. The number of halogens is 1. The van der Waals surface area contributed by atoms with E-state index in [0.29, 0.717) is 11.5 Å². The fourth-order valence-corrected chi connectivity index (χ4v) is 3.13. The highest BCUT2D eigenvalue weighted by Gasteiger charge is 2.20. The first-order valence-electron chi connectivity index (χ1n) is 7.30. The number of hydrogen-bond donors (Lipinski definition) is 2. The lowest BCUT2D eigenvalue weighted by atomic mass is 9.88. The highest BCUT2D eigenvalue weighted by atomic mass is 19.1. The number of aromatic amines is 1. The van der Waals surface area contributed by atoms with Crippen molar-refractivity contribution in [2.75, 3.05) is 5.32 Å². The molecule has 1 aromatic heterocycles. The number of anilines is 1. The predicted octanol–water partition coefficient (Wildman–Crippen LogP) is 4.19. The summed E-state index contributed by atoms with van der Waals surface area (Å²) >= 11 is 0. The Kier molecular flexibility index (Phi) is 2.88. The summed E-state index contributed by atoms with van der Waals surface area (Å²) in [5.74, 6) is 0.345. The molecule has 0 aliphatic heterocycles. The van der Waals surface area contributed by atoms with E-state index in [1.54, 1.807) is 6.07 Å². The summed E-state index contributed by atoms with van der Waals surface area (Å²) in [6.45, 7) is 0. The molecule has 3 aromatic rings. The first kappa shape index (κ1) is 12.4. The summed E-state index contributed by atoms with van der Waals surface area (Å²) in [6, 6.07) is 13.7. The van der Waals surface area contributed by atoms with Gasteiger partial charge in [0.2, 0.25) is 5.95 Å². The van der Waals surface area contributed by atoms with Crippen molar-refractivity contribution in [1.29, 1.82) is 0 Å². The number of nitrogens with zero attached hydrogens (tertiary/aromatic N) is 1. The molecule has 2 aromatic carbocycles. The van der Waals surface area contributed by atoms with Crippen LogP contribution in [-0.4, -0.2) is 9.97 Å². The van der Waals surface area contributed by atoms with Crippen LogP contribution < -0.4 is 5.32 Å². The van der Waals surface area contributed by atoms with E-state index >= 15 is 0 Å². The number of rotatable bonds is 2. The molecule has 1 aliphatic rings. The van der Waals surface area contributed by atoms with Crippen molar-refractivity contribution in [3.8, 4) is 0 Å². The molecule has 0 radical (unpaired) electrons. The number of aromatic nitrogens is 2. The van der Waals surface area contributed by atoms with Crippen LogP contribution in [-0.2, 0) is 6.42 Å². The topological polar surface area (TPSA) is 40.7 Å². The molecule has 0 bridgehead atoms. The molecule has 1 aliphatic carbocycles. The fourth-order valence-electron chi connectivity index (χ4n) is 3.13. The maximum absolute atomic E-state index is 13.7. The zero-order valence-electron chi connectivity index (χ0n) is 11.6. The Morgan fingerprint density at radius 2 is 2.05 bits per heavy atom. The van der Waals surface area contributed by atoms with Crippen LogP contribution in [0.4, 0.5) is 10.3 Å². The summed E-state index contributed by atoms with van der Waals surface area (Å²) in [5.41, 5.74) is 3.83. The molecule has 1 heterocycles. The van der Waals surface area contributed by atoms with Crippen LogP contribution in [0.1, 0.15) is 30.0 Å². The number of para-hydroxylation sites is 1. The molecule has 0 unspecified atom stereocenters. The number of imidazole rings is 1. The predicted molar refractivity (Wildman–Crippen MR) is 81.8 cm³/mol. The zero-order chi connectivity index (χ0) is 14.2. The molecular formula is C17H16FN3. The highest BCUT2D eigenvalue weighted by molar-refractivity contribution is 5.78. The van der Waals surface area contributed by atoms with E-state index in [2.05, 4.69) is 39.6 Å². The van der Waals surface area contributed by atoms with E-state index in [-0.39, 0.29) is 11.9 Å². The lowest BCUT2D eigenvalue weighted by molar-refractivity contribution is 0.597. The summed E-state index contributed by atoms with van der Waals surface area (Å²) in [5, 5.41) is 3.42. The fraction of sp³-hybridized carbons (Fsp3) is 0.235. The molecule has 106 valence electrons. The molecule has 4 rings (SSSR count). The maximum atomic E-state index is 13.7. The van der Waals surface area contributed by atoms with Gasteiger partial charge in [0.1, 0.15) is 5.52 Å². The average Bonchev–Trinajstić information content (AvgIpc) is 2.92. The lowest BCUT2D eigenvalue weighted by Crippen LogP contribution is -2.17. The van der Waals surface area contributed by atoms with E-state index in [1.165, 1.54) is 17.2 Å². The summed E-state index contributed by atoms with van der Waals surface area (Å²) in [6.07, 6.45) is 3.35. The Bertz CT molecular complexity index is 794. The van der Waals surface area contributed by atoms with Gasteiger partial charge in [-0.25, -0.2) is 9.37 Å². The second kappa shape index (κ2) is 4.88. The second-order valence-corrected chi connectivity index (χ2v) is 5.51. The van der Waals surface area contributed by atoms with Gasteiger partial charge in [0.15, 0.2) is 5.82 Å². The molecule has 0 amide bonds. The van der Waals surface area contributed by atoms with Crippen LogP contribution in [0.15, 0.2) is 42.5 Å². The Hall–Kier alpha value is -2.36. The third-order valence-corrected chi connectivity index (χ3v) is 4.14. The van der Waals surface area contributed by atoms with Crippen molar-refractivity contribution >= 4 is 17.0 Å². The minimum absolute atomic E-state index is 0.235. The van der Waals surface area contributed by atoms with Crippen LogP contribution >= 0.6 is 0 Å². The van der Waals surface area contributed by atoms with E-state index in [1.807, 2.05) is 6.07 Å². The highest BCUT2D eigenvalue weighted by Crippen LogP contribution is 2.32. The molecule has 0 spiro atoms. The van der Waals surface area contributed by atoms with Gasteiger partial charge in [-0.15, -0.1) is 0 Å². The summed E-state index contributed by atoms with van der Waals surface area (Å²) in [4.78, 5) is 7.49. The number of fused-ring (bicyclic) bond motifs is 2. The van der Waals surface area contributed by atoms with Crippen LogP contribution in [0.2, 0.25) is 0 Å². The number of nitrogens with one attached hydrogen (secondary N) is 2. The smallest absolute Gasteiger partial charge is 0.201 e. The molecule has 1 atom stereocenters. The Morgan fingerprint density at radius 3 is 2.95 bits per heavy atom. The van der Waals surface area contributed by atoms with Gasteiger partial charge >= 0.3 is 0 Å². The zero-order valence-corrected chi connectivity index (χ0v) is 11.6. The molecule has 3 nitrogen and oxygen atoms in total. The third-order valence-electron chi connectivity index (χ3n) is 4.14. The minimum Gasteiger partial charge on any atom is -0.349 e. The molecular weight excluding hydrogens is 265 g/mol. The van der Waals surface area contributed by atoms with Crippen molar-refractivity contribution < 1.29 is 4.39 Å². The molecule has 0 saturated carbocycles. The van der Waals surface area contributed by atoms with Gasteiger partial charge in [0, 0.05) is 0 Å². The van der Waals surface area contributed by atoms with Crippen LogP contribution in [0.5, 0.6) is 0 Å². The van der Waals surface area contributed by atoms with Crippen molar-refractivity contribution in [2.24, 2.45) is 0 Å². The minimum atomic E-state index is -0.291. The maximum Gasteiger partial charge on any atom is 0.201 e. The van der Waals surface area contributed by atoms with Crippen LogP contribution in [0.3, 0.4) is 0 Å². The normalized spacial score (nSPS) is 17.7. The Balaban J connectivity index is 1.68. The van der Waals surface area contributed by atoms with Gasteiger partial charge < -0.3 is 10.3 Å². The number of aryl methyl sites for hydroxylation is 1. The average molecular weight is 281 g/mol. The molecule has 2 N–H and O–H groups in total. The lowest BCUT2D eigenvalue weighted by Gasteiger charge is -2.26. The first-order valence-corrected chi connectivity index (χ1v) is 7.30. The third kappa shape index (κ3) is 2.17. The van der Waals surface area contributed by atoms with Gasteiger partial charge in [0.25, 0.3) is 0 Å². The first-order chi connectivity index (χ1) is 10.3. The molecule has 0 saturated heterocycles. The molecule has 21 heavy (non-hydrogen) atoms. The van der Waals surface area contributed by atoms with Crippen LogP contribution in [0, 0.1) is 5.82 Å². The van der Waals surface area contributed by atoms with E-state index in [4.69, 9.17) is 0 Å². The van der Waals surface area contributed by atoms with Crippen molar-refractivity contribution in [1.82, 2.24) is 9.97 Å². The van der Waals surface area contributed by atoms with E-state index in [0.717, 1.165) is 24.8 Å². The second-order valence-electron chi connectivity index (χ2n) is 5.51. The Morgan fingerprint density at radius 1 is 1.14 bits per heavy atom. The Labute approximate surface area is 122 Å². The van der Waals surface area contributed by atoms with Crippen molar-refractivity contribution in [3.63, 3.8) is 0 Å².